The van der Waals surface area contributed by atoms with Crippen molar-refractivity contribution in [3.05, 3.63) is 0 Å². The van der Waals surface area contributed by atoms with Gasteiger partial charge in [-0.2, -0.15) is 13.2 Å². The van der Waals surface area contributed by atoms with Crippen molar-refractivity contribution in [2.75, 3.05) is 19.6 Å². The van der Waals surface area contributed by atoms with E-state index in [4.69, 9.17) is 0 Å². The van der Waals surface area contributed by atoms with Gasteiger partial charge in [0.25, 0.3) is 0 Å². The zero-order valence-electron chi connectivity index (χ0n) is 13.9. The SMILES string of the molecule is CCC1CCCCN1C(=O)C(C)N1CCC(O)(C(F)(F)F)CC1. The fraction of sp³-hybridized carbons (Fsp3) is 0.938. The third-order valence-corrected chi connectivity index (χ3v) is 5.44. The number of nitrogens with zero attached hydrogens (tertiary/aromatic N) is 2. The molecule has 4 nitrogen and oxygen atoms in total. The van der Waals surface area contributed by atoms with E-state index in [2.05, 4.69) is 6.92 Å². The summed E-state index contributed by atoms with van der Waals surface area (Å²) in [5.74, 6) is 0.00833. The Morgan fingerprint density at radius 3 is 2.39 bits per heavy atom. The molecule has 23 heavy (non-hydrogen) atoms. The number of likely N-dealkylation sites (tertiary alicyclic amines) is 2. The van der Waals surface area contributed by atoms with Crippen molar-refractivity contribution in [1.82, 2.24) is 9.80 Å². The van der Waals surface area contributed by atoms with E-state index < -0.39 is 17.8 Å². The first-order valence-corrected chi connectivity index (χ1v) is 8.53. The maximum atomic E-state index is 12.9. The normalized spacial score (nSPS) is 27.7. The van der Waals surface area contributed by atoms with E-state index in [0.717, 1.165) is 32.2 Å². The lowest BCUT2D eigenvalue weighted by molar-refractivity contribution is -0.273. The highest BCUT2D eigenvalue weighted by atomic mass is 19.4. The number of carbonyl (C=O) groups is 1. The second-order valence-corrected chi connectivity index (χ2v) is 6.83. The highest BCUT2D eigenvalue weighted by molar-refractivity contribution is 5.82. The van der Waals surface area contributed by atoms with Crippen molar-refractivity contribution in [1.29, 1.82) is 0 Å². The van der Waals surface area contributed by atoms with Crippen LogP contribution in [0, 0.1) is 0 Å². The molecule has 0 saturated carbocycles. The van der Waals surface area contributed by atoms with Crippen LogP contribution in [0.5, 0.6) is 0 Å². The zero-order chi connectivity index (χ0) is 17.3. The lowest BCUT2D eigenvalue weighted by Gasteiger charge is -2.43. The lowest BCUT2D eigenvalue weighted by Crippen LogP contribution is -2.58. The minimum atomic E-state index is -4.60. The van der Waals surface area contributed by atoms with Crippen molar-refractivity contribution in [3.63, 3.8) is 0 Å². The maximum Gasteiger partial charge on any atom is 0.417 e. The number of amides is 1. The Hall–Kier alpha value is -0.820. The third-order valence-electron chi connectivity index (χ3n) is 5.44. The fourth-order valence-electron chi connectivity index (χ4n) is 3.68. The predicted octanol–water partition coefficient (Wildman–Crippen LogP) is 2.56. The minimum absolute atomic E-state index is 0.00833. The predicted molar refractivity (Wildman–Crippen MR) is 80.9 cm³/mol. The Morgan fingerprint density at radius 2 is 1.87 bits per heavy atom. The van der Waals surface area contributed by atoms with E-state index in [1.54, 1.807) is 11.8 Å². The number of alkyl halides is 3. The van der Waals surface area contributed by atoms with Crippen LogP contribution >= 0.6 is 0 Å². The number of carbonyl (C=O) groups excluding carboxylic acids is 1. The highest BCUT2D eigenvalue weighted by Crippen LogP contribution is 2.38. The Labute approximate surface area is 135 Å². The van der Waals surface area contributed by atoms with Crippen LogP contribution in [0.4, 0.5) is 13.2 Å². The van der Waals surface area contributed by atoms with Crippen LogP contribution in [0.3, 0.4) is 0 Å². The van der Waals surface area contributed by atoms with E-state index in [-0.39, 0.29) is 37.9 Å². The van der Waals surface area contributed by atoms with Crippen molar-refractivity contribution >= 4 is 5.91 Å². The van der Waals surface area contributed by atoms with E-state index in [1.165, 1.54) is 0 Å². The summed E-state index contributed by atoms with van der Waals surface area (Å²) >= 11 is 0. The van der Waals surface area contributed by atoms with Gasteiger partial charge in [0.05, 0.1) is 6.04 Å². The van der Waals surface area contributed by atoms with Gasteiger partial charge in [-0.15, -0.1) is 0 Å². The largest absolute Gasteiger partial charge is 0.417 e. The van der Waals surface area contributed by atoms with E-state index in [0.29, 0.717) is 0 Å². The third kappa shape index (κ3) is 3.82. The average Bonchev–Trinajstić information content (AvgIpc) is 2.53. The maximum absolute atomic E-state index is 12.9. The van der Waals surface area contributed by atoms with Crippen molar-refractivity contribution < 1.29 is 23.1 Å². The second kappa shape index (κ2) is 6.97. The molecule has 0 aliphatic carbocycles. The molecule has 1 amide bonds. The van der Waals surface area contributed by atoms with Crippen LogP contribution in [0.15, 0.2) is 0 Å². The van der Waals surface area contributed by atoms with Crippen LogP contribution in [0.25, 0.3) is 0 Å². The summed E-state index contributed by atoms with van der Waals surface area (Å²) in [4.78, 5) is 16.4. The van der Waals surface area contributed by atoms with Gasteiger partial charge in [-0.1, -0.05) is 6.92 Å². The first-order valence-electron chi connectivity index (χ1n) is 8.53. The summed E-state index contributed by atoms with van der Waals surface area (Å²) < 4.78 is 38.6. The molecule has 2 fully saturated rings. The van der Waals surface area contributed by atoms with Crippen LogP contribution in [0.1, 0.15) is 52.4 Å². The highest BCUT2D eigenvalue weighted by Gasteiger charge is 2.55. The standard InChI is InChI=1S/C16H27F3N2O2/c1-3-13-6-4-5-9-21(13)14(22)12(2)20-10-7-15(23,8-11-20)16(17,18)19/h12-13,23H,3-11H2,1-2H3. The molecule has 2 aliphatic heterocycles. The van der Waals surface area contributed by atoms with Gasteiger partial charge in [0, 0.05) is 25.7 Å². The lowest BCUT2D eigenvalue weighted by atomic mass is 9.90. The summed E-state index contributed by atoms with van der Waals surface area (Å²) in [6.07, 6.45) is -1.32. The minimum Gasteiger partial charge on any atom is -0.380 e. The molecule has 0 radical (unpaired) electrons. The molecular formula is C16H27F3N2O2. The van der Waals surface area contributed by atoms with Gasteiger partial charge in [0.2, 0.25) is 5.91 Å². The first kappa shape index (κ1) is 18.5. The Morgan fingerprint density at radius 1 is 1.26 bits per heavy atom. The van der Waals surface area contributed by atoms with E-state index in [1.807, 2.05) is 4.90 Å². The molecule has 0 aromatic rings. The number of hydrogen-bond acceptors (Lipinski definition) is 3. The van der Waals surface area contributed by atoms with Gasteiger partial charge in [0.1, 0.15) is 0 Å². The summed E-state index contributed by atoms with van der Waals surface area (Å²) in [6.45, 7) is 4.75. The molecule has 7 heteroatoms. The molecule has 2 atom stereocenters. The van der Waals surface area contributed by atoms with Crippen LogP contribution in [0.2, 0.25) is 0 Å². The Balaban J connectivity index is 1.96. The van der Waals surface area contributed by atoms with E-state index in [9.17, 15) is 23.1 Å². The number of rotatable bonds is 3. The van der Waals surface area contributed by atoms with Crippen LogP contribution in [-0.4, -0.2) is 64.3 Å². The molecule has 134 valence electrons. The zero-order valence-corrected chi connectivity index (χ0v) is 13.9. The molecule has 0 spiro atoms. The summed E-state index contributed by atoms with van der Waals surface area (Å²) in [5.41, 5.74) is -2.61. The molecule has 0 bridgehead atoms. The van der Waals surface area contributed by atoms with Crippen LogP contribution in [-0.2, 0) is 4.79 Å². The van der Waals surface area contributed by atoms with Gasteiger partial charge in [-0.3, -0.25) is 9.69 Å². The van der Waals surface area contributed by atoms with E-state index >= 15 is 0 Å². The molecular weight excluding hydrogens is 309 g/mol. The monoisotopic (exact) mass is 336 g/mol. The fourth-order valence-corrected chi connectivity index (χ4v) is 3.68. The first-order chi connectivity index (χ1) is 10.7. The van der Waals surface area contributed by atoms with Gasteiger partial charge in [-0.05, 0) is 45.4 Å². The number of aliphatic hydroxyl groups is 1. The average molecular weight is 336 g/mol. The molecule has 2 saturated heterocycles. The topological polar surface area (TPSA) is 43.8 Å². The number of piperidine rings is 2. The number of halogens is 3. The molecule has 0 aromatic carbocycles. The van der Waals surface area contributed by atoms with Crippen molar-refractivity contribution in [2.24, 2.45) is 0 Å². The Bertz CT molecular complexity index is 420. The number of hydrogen-bond donors (Lipinski definition) is 1. The molecule has 2 aliphatic rings. The summed E-state index contributed by atoms with van der Waals surface area (Å²) in [7, 11) is 0. The van der Waals surface area contributed by atoms with Crippen LogP contribution < -0.4 is 0 Å². The second-order valence-electron chi connectivity index (χ2n) is 6.83. The molecule has 2 rings (SSSR count). The van der Waals surface area contributed by atoms with Gasteiger partial charge < -0.3 is 10.0 Å². The van der Waals surface area contributed by atoms with Crippen molar-refractivity contribution in [2.45, 2.75) is 76.2 Å². The molecule has 1 N–H and O–H groups in total. The molecule has 2 heterocycles. The quantitative estimate of drug-likeness (QED) is 0.861. The summed E-state index contributed by atoms with van der Waals surface area (Å²) in [6, 6.07) is -0.185. The smallest absolute Gasteiger partial charge is 0.380 e. The van der Waals surface area contributed by atoms with Gasteiger partial charge in [-0.25, -0.2) is 0 Å². The summed E-state index contributed by atoms with van der Waals surface area (Å²) in [5, 5.41) is 9.73. The van der Waals surface area contributed by atoms with Crippen molar-refractivity contribution in [3.8, 4) is 0 Å². The van der Waals surface area contributed by atoms with Gasteiger partial charge in [0.15, 0.2) is 5.60 Å². The molecule has 2 unspecified atom stereocenters. The molecule has 0 aromatic heterocycles. The Kier molecular flexibility index (Phi) is 5.61. The van der Waals surface area contributed by atoms with Gasteiger partial charge >= 0.3 is 6.18 Å².